The van der Waals surface area contributed by atoms with Gasteiger partial charge >= 0.3 is 0 Å². The summed E-state index contributed by atoms with van der Waals surface area (Å²) in [6.45, 7) is 0.470. The van der Waals surface area contributed by atoms with E-state index in [-0.39, 0.29) is 11.3 Å². The molecule has 1 fully saturated rings. The van der Waals surface area contributed by atoms with Crippen molar-refractivity contribution >= 4 is 21.8 Å². The molecule has 1 N–H and O–H groups in total. The molecule has 0 atom stereocenters. The van der Waals surface area contributed by atoms with Crippen LogP contribution in [0, 0.1) is 0 Å². The highest BCUT2D eigenvalue weighted by Gasteiger charge is 2.50. The Morgan fingerprint density at radius 1 is 1.08 bits per heavy atom. The number of amides is 1. The van der Waals surface area contributed by atoms with Crippen LogP contribution >= 0.6 is 15.9 Å². The van der Waals surface area contributed by atoms with Crippen LogP contribution < -0.4 is 14.8 Å². The van der Waals surface area contributed by atoms with Gasteiger partial charge in [-0.25, -0.2) is 0 Å². The van der Waals surface area contributed by atoms with Crippen molar-refractivity contribution in [1.29, 1.82) is 0 Å². The number of carbonyl (C=O) groups is 1. The standard InChI is InChI=1S/C19H20BrNO3/c1-23-16-8-3-13(11-17(16)24-2)12-21-18(22)19(9-10-19)14-4-6-15(20)7-5-14/h3-8,11H,9-10,12H2,1-2H3,(H,21,22). The third-order valence-corrected chi connectivity index (χ3v) is 5.01. The number of ether oxygens (including phenoxy) is 2. The third-order valence-electron chi connectivity index (χ3n) is 4.48. The first-order valence-electron chi connectivity index (χ1n) is 7.84. The lowest BCUT2D eigenvalue weighted by molar-refractivity contribution is -0.123. The molecule has 0 bridgehead atoms. The number of rotatable bonds is 6. The number of halogens is 1. The molecule has 0 unspecified atom stereocenters. The Bertz CT molecular complexity index is 739. The van der Waals surface area contributed by atoms with E-state index in [9.17, 15) is 4.79 Å². The van der Waals surface area contributed by atoms with Gasteiger partial charge in [0.25, 0.3) is 0 Å². The first-order valence-corrected chi connectivity index (χ1v) is 8.63. The van der Waals surface area contributed by atoms with E-state index in [4.69, 9.17) is 9.47 Å². The van der Waals surface area contributed by atoms with Crippen LogP contribution in [0.25, 0.3) is 0 Å². The maximum absolute atomic E-state index is 12.7. The summed E-state index contributed by atoms with van der Waals surface area (Å²) in [5, 5.41) is 3.06. The monoisotopic (exact) mass is 389 g/mol. The molecular formula is C19H20BrNO3. The Hall–Kier alpha value is -2.01. The number of benzene rings is 2. The highest BCUT2D eigenvalue weighted by molar-refractivity contribution is 9.10. The molecule has 0 heterocycles. The topological polar surface area (TPSA) is 47.6 Å². The Morgan fingerprint density at radius 3 is 2.33 bits per heavy atom. The molecule has 0 radical (unpaired) electrons. The number of hydrogen-bond acceptors (Lipinski definition) is 3. The second-order valence-electron chi connectivity index (χ2n) is 5.96. The van der Waals surface area contributed by atoms with Crippen molar-refractivity contribution in [2.45, 2.75) is 24.8 Å². The third kappa shape index (κ3) is 3.26. The zero-order chi connectivity index (χ0) is 17.2. The van der Waals surface area contributed by atoms with E-state index < -0.39 is 0 Å². The first kappa shape index (κ1) is 16.8. The van der Waals surface area contributed by atoms with Crippen molar-refractivity contribution in [2.75, 3.05) is 14.2 Å². The molecule has 0 saturated heterocycles. The lowest BCUT2D eigenvalue weighted by atomic mass is 9.95. The molecule has 2 aromatic rings. The summed E-state index contributed by atoms with van der Waals surface area (Å²) in [6.07, 6.45) is 1.79. The van der Waals surface area contributed by atoms with Gasteiger partial charge in [0, 0.05) is 11.0 Å². The van der Waals surface area contributed by atoms with E-state index in [0.29, 0.717) is 18.0 Å². The number of carbonyl (C=O) groups excluding carboxylic acids is 1. The predicted octanol–water partition coefficient (Wildman–Crippen LogP) is 3.81. The van der Waals surface area contributed by atoms with Gasteiger partial charge in [-0.05, 0) is 48.2 Å². The second kappa shape index (κ2) is 6.85. The summed E-state index contributed by atoms with van der Waals surface area (Å²) in [6, 6.07) is 13.7. The minimum absolute atomic E-state index is 0.0830. The zero-order valence-corrected chi connectivity index (χ0v) is 15.4. The van der Waals surface area contributed by atoms with Crippen LogP contribution in [0.4, 0.5) is 0 Å². The predicted molar refractivity (Wildman–Crippen MR) is 96.4 cm³/mol. The maximum atomic E-state index is 12.7. The number of nitrogens with one attached hydrogen (secondary N) is 1. The minimum atomic E-state index is -0.364. The van der Waals surface area contributed by atoms with Gasteiger partial charge in [-0.1, -0.05) is 34.1 Å². The zero-order valence-electron chi connectivity index (χ0n) is 13.8. The van der Waals surface area contributed by atoms with Gasteiger partial charge in [0.05, 0.1) is 19.6 Å². The van der Waals surface area contributed by atoms with Crippen LogP contribution in [0.1, 0.15) is 24.0 Å². The normalized spacial score (nSPS) is 14.8. The van der Waals surface area contributed by atoms with Gasteiger partial charge in [0.2, 0.25) is 5.91 Å². The van der Waals surface area contributed by atoms with E-state index in [1.807, 2.05) is 42.5 Å². The molecule has 1 saturated carbocycles. The van der Waals surface area contributed by atoms with Crippen molar-refractivity contribution in [1.82, 2.24) is 5.32 Å². The largest absolute Gasteiger partial charge is 0.493 e. The van der Waals surface area contributed by atoms with E-state index >= 15 is 0 Å². The summed E-state index contributed by atoms with van der Waals surface area (Å²) in [5.74, 6) is 1.43. The van der Waals surface area contributed by atoms with Gasteiger partial charge in [-0.15, -0.1) is 0 Å². The molecule has 1 amide bonds. The molecule has 0 aromatic heterocycles. The number of methoxy groups -OCH3 is 2. The lowest BCUT2D eigenvalue weighted by Crippen LogP contribution is -2.34. The minimum Gasteiger partial charge on any atom is -0.493 e. The quantitative estimate of drug-likeness (QED) is 0.816. The van der Waals surface area contributed by atoms with Gasteiger partial charge < -0.3 is 14.8 Å². The van der Waals surface area contributed by atoms with E-state index in [1.165, 1.54) is 0 Å². The van der Waals surface area contributed by atoms with Gasteiger partial charge in [0.1, 0.15) is 0 Å². The molecule has 4 nitrogen and oxygen atoms in total. The fourth-order valence-corrected chi connectivity index (χ4v) is 3.15. The molecule has 2 aromatic carbocycles. The Kier molecular flexibility index (Phi) is 4.81. The van der Waals surface area contributed by atoms with Crippen LogP contribution in [0.5, 0.6) is 11.5 Å². The molecule has 24 heavy (non-hydrogen) atoms. The van der Waals surface area contributed by atoms with Gasteiger partial charge in [0.15, 0.2) is 11.5 Å². The summed E-state index contributed by atoms with van der Waals surface area (Å²) in [7, 11) is 3.21. The van der Waals surface area contributed by atoms with Crippen molar-refractivity contribution in [3.63, 3.8) is 0 Å². The van der Waals surface area contributed by atoms with Crippen molar-refractivity contribution < 1.29 is 14.3 Å². The van der Waals surface area contributed by atoms with Crippen LogP contribution in [-0.2, 0) is 16.8 Å². The highest BCUT2D eigenvalue weighted by Crippen LogP contribution is 2.48. The highest BCUT2D eigenvalue weighted by atomic mass is 79.9. The molecule has 1 aliphatic rings. The van der Waals surface area contributed by atoms with Crippen molar-refractivity contribution in [3.8, 4) is 11.5 Å². The summed E-state index contributed by atoms with van der Waals surface area (Å²) < 4.78 is 11.6. The molecule has 126 valence electrons. The Balaban J connectivity index is 1.68. The fraction of sp³-hybridized carbons (Fsp3) is 0.316. The summed E-state index contributed by atoms with van der Waals surface area (Å²) in [5.41, 5.74) is 1.69. The van der Waals surface area contributed by atoms with Crippen LogP contribution in [0.15, 0.2) is 46.9 Å². The maximum Gasteiger partial charge on any atom is 0.230 e. The molecular weight excluding hydrogens is 370 g/mol. The van der Waals surface area contributed by atoms with Gasteiger partial charge in [-0.2, -0.15) is 0 Å². The Labute approximate surface area is 150 Å². The fourth-order valence-electron chi connectivity index (χ4n) is 2.88. The van der Waals surface area contributed by atoms with Crippen molar-refractivity contribution in [3.05, 3.63) is 58.1 Å². The SMILES string of the molecule is COc1ccc(CNC(=O)C2(c3ccc(Br)cc3)CC2)cc1OC. The molecule has 0 aliphatic heterocycles. The van der Waals surface area contributed by atoms with E-state index in [2.05, 4.69) is 21.2 Å². The Morgan fingerprint density at radius 2 is 1.75 bits per heavy atom. The molecule has 3 rings (SSSR count). The molecule has 5 heteroatoms. The second-order valence-corrected chi connectivity index (χ2v) is 6.88. The average Bonchev–Trinajstić information content (AvgIpc) is 3.42. The van der Waals surface area contributed by atoms with E-state index in [0.717, 1.165) is 28.4 Å². The van der Waals surface area contributed by atoms with E-state index in [1.54, 1.807) is 14.2 Å². The lowest BCUT2D eigenvalue weighted by Gasteiger charge is -2.16. The summed E-state index contributed by atoms with van der Waals surface area (Å²) >= 11 is 3.43. The average molecular weight is 390 g/mol. The van der Waals surface area contributed by atoms with Gasteiger partial charge in [-0.3, -0.25) is 4.79 Å². The number of hydrogen-bond donors (Lipinski definition) is 1. The summed E-state index contributed by atoms with van der Waals surface area (Å²) in [4.78, 5) is 12.7. The van der Waals surface area contributed by atoms with Crippen molar-refractivity contribution in [2.24, 2.45) is 0 Å². The van der Waals surface area contributed by atoms with Crippen LogP contribution in [-0.4, -0.2) is 20.1 Å². The molecule has 1 aliphatic carbocycles. The first-order chi connectivity index (χ1) is 11.6. The van der Waals surface area contributed by atoms with Crippen LogP contribution in [0.3, 0.4) is 0 Å². The van der Waals surface area contributed by atoms with Crippen LogP contribution in [0.2, 0.25) is 0 Å². The molecule has 0 spiro atoms. The smallest absolute Gasteiger partial charge is 0.230 e.